The molecule has 3 aromatic rings. The Morgan fingerprint density at radius 1 is 0.789 bits per heavy atom. The fraction of sp³-hybridized carbons (Fsp3) is 0.429. The third-order valence-corrected chi connectivity index (χ3v) is 10.9. The molecule has 0 aliphatic carbocycles. The Bertz CT molecular complexity index is 1740. The van der Waals surface area contributed by atoms with Gasteiger partial charge in [0.25, 0.3) is 0 Å². The number of methoxy groups -OCH3 is 2. The molecule has 0 saturated carbocycles. The quantitative estimate of drug-likeness (QED) is 0.0391. The van der Waals surface area contributed by atoms with Crippen LogP contribution in [0, 0.1) is 19.4 Å². The Hall–Kier alpha value is -1.84. The Labute approximate surface area is 387 Å². The maximum absolute atomic E-state index is 12.5. The number of rotatable bonds is 20. The summed E-state index contributed by atoms with van der Waals surface area (Å²) in [5.41, 5.74) is 1.52. The molecule has 0 bridgehead atoms. The van der Waals surface area contributed by atoms with Crippen molar-refractivity contribution in [2.24, 2.45) is 0 Å². The molecule has 2 aliphatic rings. The van der Waals surface area contributed by atoms with E-state index in [1.165, 1.54) is 6.92 Å². The zero-order valence-corrected chi connectivity index (χ0v) is 39.7. The standard InChI is InChI=1S/C42H50NO11P.2Y/c1-29(44)13-22-41(45)53-37-25-30(2)52-40(37)28-50-55(7,49-24-23-43-4)54-38-26-31(3)51-39(38)27-48-42(32-11-9-8-10-12-32,33-14-18-35(46-5)19-15-33)34-16-20-36(47-6)21-17-34;;/h8-12,14-21,25-26,30-31,37-40H,7,13,22-24,27-28H2,1-3,5-6H3;;/q-2;;/t30-,31-,37?,38?,39+,40+,55?;;/m0../s1. The van der Waals surface area contributed by atoms with Gasteiger partial charge in [-0.2, -0.15) is 0 Å². The molecule has 57 heavy (non-hydrogen) atoms. The first kappa shape index (κ1) is 49.5. The Morgan fingerprint density at radius 2 is 1.32 bits per heavy atom. The average molecular weight is 954 g/mol. The second-order valence-corrected chi connectivity index (χ2v) is 15.3. The van der Waals surface area contributed by atoms with Crippen LogP contribution in [0.15, 0.2) is 78.9 Å². The van der Waals surface area contributed by atoms with Crippen LogP contribution in [0.4, 0.5) is 0 Å². The van der Waals surface area contributed by atoms with Crippen molar-refractivity contribution in [3.63, 3.8) is 0 Å². The van der Waals surface area contributed by atoms with Crippen molar-refractivity contribution < 1.29 is 117 Å². The first-order chi connectivity index (χ1) is 26.5. The third kappa shape index (κ3) is 13.6. The molecule has 2 fully saturated rings. The van der Waals surface area contributed by atoms with E-state index in [1.807, 2.05) is 99.1 Å². The topological polar surface area (TPSA) is 122 Å². The van der Waals surface area contributed by atoms with Crippen LogP contribution in [0.25, 0.3) is 4.85 Å². The van der Waals surface area contributed by atoms with E-state index < -0.39 is 43.6 Å². The van der Waals surface area contributed by atoms with Crippen molar-refractivity contribution in [1.82, 2.24) is 0 Å². The van der Waals surface area contributed by atoms with Crippen molar-refractivity contribution >= 4 is 25.6 Å². The van der Waals surface area contributed by atoms with Gasteiger partial charge in [0.2, 0.25) is 14.1 Å². The number of hydrogen-bond acceptors (Lipinski definition) is 11. The summed E-state index contributed by atoms with van der Waals surface area (Å²) in [6, 6.07) is 25.5. The van der Waals surface area contributed by atoms with E-state index in [-0.39, 0.29) is 123 Å². The van der Waals surface area contributed by atoms with E-state index in [2.05, 4.69) is 11.1 Å². The summed E-state index contributed by atoms with van der Waals surface area (Å²) in [5.74, 6) is 0.802. The third-order valence-electron chi connectivity index (χ3n) is 9.23. The number of ether oxygens (including phenoxy) is 6. The number of ketones is 1. The normalized spacial score (nSPS) is 22.6. The molecule has 3 unspecified atom stereocenters. The van der Waals surface area contributed by atoms with Crippen molar-refractivity contribution in [2.45, 2.75) is 75.8 Å². The maximum atomic E-state index is 12.5. The van der Waals surface area contributed by atoms with E-state index in [0.717, 1.165) is 16.7 Å². The minimum absolute atomic E-state index is 0. The van der Waals surface area contributed by atoms with Crippen LogP contribution in [0.3, 0.4) is 0 Å². The Kier molecular flexibility index (Phi) is 20.7. The number of carbonyl (C=O) groups is 2. The second kappa shape index (κ2) is 23.8. The second-order valence-electron chi connectivity index (χ2n) is 13.3. The summed E-state index contributed by atoms with van der Waals surface area (Å²) >= 11 is 0. The first-order valence-electron chi connectivity index (χ1n) is 18.2. The van der Waals surface area contributed by atoms with Crippen LogP contribution in [0.2, 0.25) is 0 Å². The van der Waals surface area contributed by atoms with Gasteiger partial charge in [-0.15, -0.1) is 0 Å². The molecule has 2 radical (unpaired) electrons. The molecule has 7 atom stereocenters. The number of Topliss-reactive ketones (excluding diaryl/α,β-unsaturated/α-hetero) is 1. The molecule has 12 nitrogen and oxygen atoms in total. The molecule has 15 heteroatoms. The van der Waals surface area contributed by atoms with Gasteiger partial charge in [-0.25, -0.2) is 6.57 Å². The van der Waals surface area contributed by atoms with Gasteiger partial charge in [-0.3, -0.25) is 17.6 Å². The maximum Gasteiger partial charge on any atom is 0.303 e. The molecule has 0 N–H and O–H groups in total. The van der Waals surface area contributed by atoms with Crippen molar-refractivity contribution in [3.8, 4) is 11.5 Å². The van der Waals surface area contributed by atoms with Crippen LogP contribution in [-0.2, 0) is 113 Å². The molecule has 2 saturated heterocycles. The fourth-order valence-corrected chi connectivity index (χ4v) is 8.04. The van der Waals surface area contributed by atoms with Gasteiger partial charge < -0.3 is 51.6 Å². The zero-order valence-electron chi connectivity index (χ0n) is 33.1. The van der Waals surface area contributed by atoms with Crippen molar-refractivity contribution in [2.75, 3.05) is 40.6 Å². The van der Waals surface area contributed by atoms with E-state index in [4.69, 9.17) is 48.6 Å². The number of carbonyl (C=O) groups excluding carboxylic acids is 2. The molecular formula is C42H50NO11PY2-2. The van der Waals surface area contributed by atoms with Crippen LogP contribution in [-0.4, -0.2) is 95.3 Å². The smallest absolute Gasteiger partial charge is 0.303 e. The molecule has 2 heterocycles. The molecule has 0 aromatic heterocycles. The molecule has 0 spiro atoms. The largest absolute Gasteiger partial charge is 0.497 e. The van der Waals surface area contributed by atoms with Gasteiger partial charge >= 0.3 is 5.97 Å². The predicted octanol–water partition coefficient (Wildman–Crippen LogP) is 6.80. The van der Waals surface area contributed by atoms with Crippen molar-refractivity contribution in [3.05, 3.63) is 120 Å². The summed E-state index contributed by atoms with van der Waals surface area (Å²) < 4.78 is 55.1. The van der Waals surface area contributed by atoms with Gasteiger partial charge in [0, 0.05) is 77.9 Å². The van der Waals surface area contributed by atoms with Gasteiger partial charge in [-0.1, -0.05) is 80.7 Å². The van der Waals surface area contributed by atoms with Crippen LogP contribution < -0.4 is 9.47 Å². The molecule has 5 rings (SSSR count). The fourth-order valence-electron chi connectivity index (χ4n) is 6.53. The summed E-state index contributed by atoms with van der Waals surface area (Å²) in [5, 5.41) is 0. The molecule has 0 amide bonds. The van der Waals surface area contributed by atoms with Crippen LogP contribution >= 0.6 is 7.57 Å². The van der Waals surface area contributed by atoms with Gasteiger partial charge in [0.1, 0.15) is 29.5 Å². The summed E-state index contributed by atoms with van der Waals surface area (Å²) in [7, 11) is -0.143. The van der Waals surface area contributed by atoms with Crippen LogP contribution in [0.5, 0.6) is 11.5 Å². The number of esters is 1. The van der Waals surface area contributed by atoms with E-state index >= 15 is 0 Å². The molecule has 3 aromatic carbocycles. The van der Waals surface area contributed by atoms with Gasteiger partial charge in [-0.05, 0) is 60.3 Å². The van der Waals surface area contributed by atoms with E-state index in [9.17, 15) is 9.59 Å². The minimum atomic E-state index is -3.39. The monoisotopic (exact) mass is 953 g/mol. The van der Waals surface area contributed by atoms with E-state index in [0.29, 0.717) is 11.5 Å². The SMILES string of the molecule is [C-]#[N+]CCOP(=C)(OC[C@H]1O[C@@H](C)[CH-]C1OC(=O)CCC(C)=O)OC1[CH-][C@H](C)O[C@@H]1COC(c1ccccc1)(c1ccc(OC)cc1)c1ccc(OC)cc1.[Y].[Y]. The number of benzene rings is 3. The van der Waals surface area contributed by atoms with Crippen molar-refractivity contribution in [1.29, 1.82) is 0 Å². The Morgan fingerprint density at radius 3 is 1.84 bits per heavy atom. The summed E-state index contributed by atoms with van der Waals surface area (Å²) in [6.45, 7) is 12.5. The average Bonchev–Trinajstić information content (AvgIpc) is 3.73. The molecule has 2 aliphatic heterocycles. The zero-order chi connectivity index (χ0) is 39.4. The predicted molar refractivity (Wildman–Crippen MR) is 208 cm³/mol. The molecular weight excluding hydrogens is 903 g/mol. The number of nitrogens with zero attached hydrogens (tertiary/aromatic N) is 1. The van der Waals surface area contributed by atoms with E-state index in [1.54, 1.807) is 20.6 Å². The summed E-state index contributed by atoms with van der Waals surface area (Å²) in [6.07, 6.45) is 4.68. The number of hydrogen-bond donors (Lipinski definition) is 0. The Balaban J connectivity index is 0.00000435. The minimum Gasteiger partial charge on any atom is -0.497 e. The van der Waals surface area contributed by atoms with Gasteiger partial charge in [0.05, 0.1) is 46.1 Å². The van der Waals surface area contributed by atoms with Crippen LogP contribution in [0.1, 0.15) is 50.3 Å². The van der Waals surface area contributed by atoms with Gasteiger partial charge in [0.15, 0.2) is 0 Å². The first-order valence-corrected chi connectivity index (χ1v) is 19.9. The summed E-state index contributed by atoms with van der Waals surface area (Å²) in [4.78, 5) is 27.3. The molecule has 302 valence electrons.